The number of rotatable bonds is 2. The number of hydrogen-bond acceptors (Lipinski definition) is 3. The molecule has 102 valence electrons. The Morgan fingerprint density at radius 3 is 3.00 bits per heavy atom. The minimum Gasteiger partial charge on any atom is -0.384 e. The van der Waals surface area contributed by atoms with Gasteiger partial charge in [0, 0.05) is 18.1 Å². The molecule has 4 rings (SSSR count). The van der Waals surface area contributed by atoms with Gasteiger partial charge in [0.15, 0.2) is 0 Å². The molecule has 3 atom stereocenters. The number of nitrogens with zero attached hydrogens (tertiary/aromatic N) is 2. The van der Waals surface area contributed by atoms with Gasteiger partial charge in [0.1, 0.15) is 5.60 Å². The number of aliphatic hydroxyl groups is 1. The summed E-state index contributed by atoms with van der Waals surface area (Å²) in [7, 11) is 0. The highest BCUT2D eigenvalue weighted by atomic mass is 16.3. The van der Waals surface area contributed by atoms with Gasteiger partial charge in [-0.05, 0) is 48.6 Å². The van der Waals surface area contributed by atoms with E-state index in [2.05, 4.69) is 23.8 Å². The molecular weight excluding hydrogens is 236 g/mol. The zero-order chi connectivity index (χ0) is 17.2. The topological polar surface area (TPSA) is 45.5 Å². The maximum atomic E-state index is 10.9. The number of fused-ring (bicyclic) bond motifs is 2. The van der Waals surface area contributed by atoms with Crippen molar-refractivity contribution < 1.29 is 10.6 Å². The number of pyridine rings is 1. The van der Waals surface area contributed by atoms with Crippen LogP contribution < -0.4 is 0 Å². The maximum absolute atomic E-state index is 10.9. The van der Waals surface area contributed by atoms with Crippen LogP contribution in [0.3, 0.4) is 0 Å². The second-order valence-corrected chi connectivity index (χ2v) is 6.49. The van der Waals surface area contributed by atoms with Crippen LogP contribution in [0.25, 0.3) is 0 Å². The summed E-state index contributed by atoms with van der Waals surface area (Å²) in [5, 5.41) is 10.9. The van der Waals surface area contributed by atoms with Crippen LogP contribution in [0, 0.1) is 17.3 Å². The largest absolute Gasteiger partial charge is 0.384 e. The van der Waals surface area contributed by atoms with Gasteiger partial charge < -0.3 is 5.11 Å². The molecule has 0 amide bonds. The molecule has 3 heteroatoms. The molecule has 3 nitrogen and oxygen atoms in total. The zero-order valence-electron chi connectivity index (χ0n) is 15.6. The molecule has 0 aliphatic heterocycles. The molecule has 1 aromatic rings. The summed E-state index contributed by atoms with van der Waals surface area (Å²) in [6.07, 6.45) is 1.21. The van der Waals surface area contributed by atoms with Gasteiger partial charge in [-0.25, -0.2) is 0 Å². The van der Waals surface area contributed by atoms with Gasteiger partial charge >= 0.3 is 0 Å². The fourth-order valence-electron chi connectivity index (χ4n) is 3.69. The van der Waals surface area contributed by atoms with E-state index in [0.29, 0.717) is 5.92 Å². The van der Waals surface area contributed by atoms with Crippen LogP contribution in [0.1, 0.15) is 44.7 Å². The molecule has 3 saturated carbocycles. The molecule has 0 aromatic carbocycles. The average molecular weight is 262 g/mol. The minimum absolute atomic E-state index is 0.0577. The van der Waals surface area contributed by atoms with Gasteiger partial charge in [-0.15, -0.1) is 0 Å². The third kappa shape index (κ3) is 1.91. The van der Waals surface area contributed by atoms with Crippen molar-refractivity contribution >= 4 is 5.71 Å². The first-order valence-corrected chi connectivity index (χ1v) is 6.76. The van der Waals surface area contributed by atoms with Crippen molar-refractivity contribution in [3.05, 3.63) is 30.0 Å². The van der Waals surface area contributed by atoms with E-state index in [1.807, 2.05) is 0 Å². The molecule has 1 heterocycles. The van der Waals surface area contributed by atoms with Crippen LogP contribution in [-0.4, -0.2) is 21.4 Å². The Kier molecular flexibility index (Phi) is 1.93. The molecule has 0 saturated heterocycles. The molecule has 0 radical (unpaired) electrons. The van der Waals surface area contributed by atoms with Crippen LogP contribution in [-0.2, 0) is 6.54 Å². The summed E-state index contributed by atoms with van der Waals surface area (Å²) in [6, 6.07) is -0.448. The summed E-state index contributed by atoms with van der Waals surface area (Å²) < 4.78 is 30.8. The van der Waals surface area contributed by atoms with E-state index in [0.717, 1.165) is 18.6 Å². The monoisotopic (exact) mass is 262 g/mol. The normalized spacial score (nSPS) is 40.9. The second kappa shape index (κ2) is 4.14. The lowest BCUT2D eigenvalue weighted by Gasteiger charge is -2.62. The Balaban J connectivity index is 1.89. The Morgan fingerprint density at radius 1 is 1.53 bits per heavy atom. The van der Waals surface area contributed by atoms with Gasteiger partial charge in [0.05, 0.1) is 12.0 Å². The van der Waals surface area contributed by atoms with Gasteiger partial charge in [-0.1, -0.05) is 19.9 Å². The fraction of sp³-hybridized carbons (Fsp3) is 0.625. The predicted octanol–water partition coefficient (Wildman–Crippen LogP) is 2.84. The van der Waals surface area contributed by atoms with Crippen molar-refractivity contribution in [2.45, 2.75) is 45.8 Å². The third-order valence-corrected chi connectivity index (χ3v) is 5.12. The zero-order valence-corrected chi connectivity index (χ0v) is 11.6. The molecule has 3 fully saturated rings. The Hall–Kier alpha value is -1.22. The highest BCUT2D eigenvalue weighted by Gasteiger charge is 2.61. The number of aromatic nitrogens is 1. The van der Waals surface area contributed by atoms with E-state index in [-0.39, 0.29) is 47.9 Å². The van der Waals surface area contributed by atoms with Gasteiger partial charge in [0.2, 0.25) is 0 Å². The van der Waals surface area contributed by atoms with Crippen molar-refractivity contribution in [2.24, 2.45) is 22.2 Å². The standard InChI is InChI=1S/C16H22N2O/c1-15(2)12-7-13(15)16(3,19)14(8-12)18-10-11-5-4-6-17-9-11/h4-6,9,12-13,19H,7-8,10H2,1-3H3/t12-,13-,16-/m1/s1/i4D,5D,6D,9D. The van der Waals surface area contributed by atoms with E-state index in [9.17, 15) is 5.11 Å². The van der Waals surface area contributed by atoms with Crippen LogP contribution in [0.15, 0.2) is 29.4 Å². The quantitative estimate of drug-likeness (QED) is 0.890. The summed E-state index contributed by atoms with van der Waals surface area (Å²) in [6.45, 7) is 6.23. The second-order valence-electron chi connectivity index (χ2n) is 6.49. The van der Waals surface area contributed by atoms with Crippen LogP contribution >= 0.6 is 0 Å². The van der Waals surface area contributed by atoms with Crippen molar-refractivity contribution in [1.29, 1.82) is 0 Å². The number of hydrogen-bond donors (Lipinski definition) is 1. The molecule has 19 heavy (non-hydrogen) atoms. The smallest absolute Gasteiger partial charge is 0.103 e. The highest BCUT2D eigenvalue weighted by molar-refractivity contribution is 5.94. The van der Waals surface area contributed by atoms with Gasteiger partial charge in [-0.2, -0.15) is 0 Å². The van der Waals surface area contributed by atoms with Crippen molar-refractivity contribution in [1.82, 2.24) is 4.98 Å². The van der Waals surface area contributed by atoms with Gasteiger partial charge in [0.25, 0.3) is 0 Å². The van der Waals surface area contributed by atoms with Crippen molar-refractivity contribution in [2.75, 3.05) is 0 Å². The first kappa shape index (κ1) is 8.85. The van der Waals surface area contributed by atoms with E-state index < -0.39 is 5.60 Å². The van der Waals surface area contributed by atoms with Gasteiger partial charge in [-0.3, -0.25) is 9.98 Å². The molecule has 1 aromatic heterocycles. The molecule has 1 N–H and O–H groups in total. The van der Waals surface area contributed by atoms with E-state index >= 15 is 0 Å². The molecule has 0 unspecified atom stereocenters. The lowest BCUT2D eigenvalue weighted by Crippen LogP contribution is -2.64. The maximum Gasteiger partial charge on any atom is 0.103 e. The Morgan fingerprint density at radius 2 is 2.32 bits per heavy atom. The van der Waals surface area contributed by atoms with E-state index in [1.165, 1.54) is 0 Å². The first-order chi connectivity index (χ1) is 10.6. The van der Waals surface area contributed by atoms with E-state index in [1.54, 1.807) is 6.92 Å². The minimum atomic E-state index is -0.963. The summed E-state index contributed by atoms with van der Waals surface area (Å²) in [4.78, 5) is 8.16. The third-order valence-electron chi connectivity index (χ3n) is 5.12. The van der Waals surface area contributed by atoms with Crippen molar-refractivity contribution in [3.8, 4) is 0 Å². The molecule has 0 spiro atoms. The molecular formula is C16H22N2O. The highest BCUT2D eigenvalue weighted by Crippen LogP contribution is 2.61. The summed E-state index contributed by atoms with van der Waals surface area (Å²) >= 11 is 0. The predicted molar refractivity (Wildman–Crippen MR) is 76.0 cm³/mol. The van der Waals surface area contributed by atoms with Crippen LogP contribution in [0.5, 0.6) is 0 Å². The summed E-state index contributed by atoms with van der Waals surface area (Å²) in [5.41, 5.74) is 0.118. The fourth-order valence-corrected chi connectivity index (χ4v) is 3.69. The van der Waals surface area contributed by atoms with Crippen LogP contribution in [0.2, 0.25) is 0 Å². The lowest BCUT2D eigenvalue weighted by atomic mass is 9.44. The molecule has 3 aliphatic rings. The Bertz CT molecular complexity index is 700. The average Bonchev–Trinajstić information content (AvgIpc) is 2.45. The molecule has 2 bridgehead atoms. The van der Waals surface area contributed by atoms with E-state index in [4.69, 9.17) is 5.48 Å². The Labute approximate surface area is 120 Å². The molecule has 3 aliphatic carbocycles. The van der Waals surface area contributed by atoms with Crippen molar-refractivity contribution in [3.63, 3.8) is 0 Å². The lowest BCUT2D eigenvalue weighted by molar-refractivity contribution is -0.134. The van der Waals surface area contributed by atoms with Crippen LogP contribution in [0.4, 0.5) is 0 Å². The first-order valence-electron chi connectivity index (χ1n) is 8.76. The summed E-state index contributed by atoms with van der Waals surface area (Å²) in [5.74, 6) is 0.692. The SMILES string of the molecule is [2H]c1nc([2H])c(CN=C2C[C@H]3C[C@H](C3(C)C)[C@@]2(C)O)c([2H])c1[2H]. The number of aliphatic imine (C=N–C) groups is 1.